The lowest BCUT2D eigenvalue weighted by Gasteiger charge is -2.07. The van der Waals surface area contributed by atoms with Crippen LogP contribution in [-0.2, 0) is 0 Å². The van der Waals surface area contributed by atoms with Gasteiger partial charge in [-0.1, -0.05) is 20.3 Å². The highest BCUT2D eigenvalue weighted by Crippen LogP contribution is 2.03. The molecule has 0 spiro atoms. The van der Waals surface area contributed by atoms with Crippen molar-refractivity contribution in [3.63, 3.8) is 0 Å². The molecule has 0 aromatic heterocycles. The van der Waals surface area contributed by atoms with Crippen LogP contribution in [0.1, 0.15) is 26.7 Å². The maximum absolute atomic E-state index is 10.4. The molecule has 0 fully saturated rings. The number of hydrogen-bond acceptors (Lipinski definition) is 2. The van der Waals surface area contributed by atoms with Crippen LogP contribution in [0.4, 0.5) is 4.79 Å². The summed E-state index contributed by atoms with van der Waals surface area (Å²) in [5.74, 6) is 0.619. The van der Waals surface area contributed by atoms with Crippen LogP contribution in [-0.4, -0.2) is 17.8 Å². The van der Waals surface area contributed by atoms with Crippen molar-refractivity contribution in [1.29, 1.82) is 0 Å². The summed E-state index contributed by atoms with van der Waals surface area (Å²) in [6.45, 7) is 4.84. The molecule has 0 aromatic rings. The average Bonchev–Trinajstić information content (AvgIpc) is 2.04. The van der Waals surface area contributed by atoms with Gasteiger partial charge in [0.1, 0.15) is 0 Å². The summed E-state index contributed by atoms with van der Waals surface area (Å²) in [5.41, 5.74) is 1.51. The molecular formula is C7H16N2O2. The second kappa shape index (κ2) is 5.97. The van der Waals surface area contributed by atoms with Gasteiger partial charge in [-0.05, 0) is 12.3 Å². The highest BCUT2D eigenvalue weighted by molar-refractivity contribution is 5.72. The Kier molecular flexibility index (Phi) is 5.56. The lowest BCUT2D eigenvalue weighted by molar-refractivity contribution is 0.161. The highest BCUT2D eigenvalue weighted by Gasteiger charge is 1.99. The lowest BCUT2D eigenvalue weighted by atomic mass is 10.1. The van der Waals surface area contributed by atoms with E-state index in [1.54, 1.807) is 0 Å². The summed E-state index contributed by atoms with van der Waals surface area (Å²) < 4.78 is 0. The van der Waals surface area contributed by atoms with Crippen molar-refractivity contribution in [3.8, 4) is 0 Å². The summed E-state index contributed by atoms with van der Waals surface area (Å²) in [6.07, 6.45) is 2.06. The molecule has 4 nitrogen and oxygen atoms in total. The van der Waals surface area contributed by atoms with Gasteiger partial charge in [0.25, 0.3) is 0 Å². The fraction of sp³-hybridized carbons (Fsp3) is 0.857. The Hall–Kier alpha value is -0.770. The van der Waals surface area contributed by atoms with E-state index in [4.69, 9.17) is 5.21 Å². The largest absolute Gasteiger partial charge is 0.338 e. The van der Waals surface area contributed by atoms with Gasteiger partial charge in [0.15, 0.2) is 0 Å². The van der Waals surface area contributed by atoms with Crippen molar-refractivity contribution in [3.05, 3.63) is 0 Å². The Morgan fingerprint density at radius 1 is 1.64 bits per heavy atom. The van der Waals surface area contributed by atoms with Crippen molar-refractivity contribution in [2.45, 2.75) is 26.7 Å². The molecule has 1 atom stereocenters. The molecule has 0 radical (unpaired) electrons. The van der Waals surface area contributed by atoms with E-state index < -0.39 is 6.03 Å². The zero-order chi connectivity index (χ0) is 8.69. The summed E-state index contributed by atoms with van der Waals surface area (Å²) in [7, 11) is 0. The number of rotatable bonds is 4. The van der Waals surface area contributed by atoms with Crippen LogP contribution in [0.15, 0.2) is 0 Å². The fourth-order valence-electron chi connectivity index (χ4n) is 0.676. The van der Waals surface area contributed by atoms with Crippen LogP contribution in [0.5, 0.6) is 0 Å². The zero-order valence-corrected chi connectivity index (χ0v) is 7.05. The highest BCUT2D eigenvalue weighted by atomic mass is 16.5. The first-order chi connectivity index (χ1) is 5.20. The number of hydroxylamine groups is 1. The predicted octanol–water partition coefficient (Wildman–Crippen LogP) is 1.11. The number of carbonyl (C=O) groups is 1. The summed E-state index contributed by atoms with van der Waals surface area (Å²) in [4.78, 5) is 10.4. The fourth-order valence-corrected chi connectivity index (χ4v) is 0.676. The van der Waals surface area contributed by atoms with E-state index in [0.29, 0.717) is 12.5 Å². The minimum absolute atomic E-state index is 0.534. The second-order valence-corrected chi connectivity index (χ2v) is 2.67. The molecule has 0 aromatic carbocycles. The molecule has 0 aliphatic heterocycles. The first kappa shape index (κ1) is 10.2. The van der Waals surface area contributed by atoms with Crippen LogP contribution >= 0.6 is 0 Å². The first-order valence-corrected chi connectivity index (χ1v) is 3.88. The molecule has 0 saturated heterocycles. The van der Waals surface area contributed by atoms with E-state index in [-0.39, 0.29) is 0 Å². The molecule has 11 heavy (non-hydrogen) atoms. The Balaban J connectivity index is 3.20. The molecule has 0 bridgehead atoms. The van der Waals surface area contributed by atoms with E-state index in [9.17, 15) is 4.79 Å². The minimum atomic E-state index is -0.534. The molecule has 0 aliphatic carbocycles. The molecule has 0 rings (SSSR count). The molecule has 0 aliphatic rings. The van der Waals surface area contributed by atoms with E-state index in [1.807, 2.05) is 0 Å². The topological polar surface area (TPSA) is 61.4 Å². The predicted molar refractivity (Wildman–Crippen MR) is 42.4 cm³/mol. The van der Waals surface area contributed by atoms with Gasteiger partial charge in [0.05, 0.1) is 0 Å². The van der Waals surface area contributed by atoms with Crippen molar-refractivity contribution in [1.82, 2.24) is 10.8 Å². The number of carbonyl (C=O) groups excluding carboxylic acids is 1. The molecule has 2 amide bonds. The van der Waals surface area contributed by atoms with Gasteiger partial charge in [0, 0.05) is 6.54 Å². The van der Waals surface area contributed by atoms with Crippen LogP contribution < -0.4 is 10.8 Å². The van der Waals surface area contributed by atoms with Gasteiger partial charge in [-0.3, -0.25) is 5.21 Å². The van der Waals surface area contributed by atoms with Crippen molar-refractivity contribution < 1.29 is 10.0 Å². The number of urea groups is 1. The lowest BCUT2D eigenvalue weighted by Crippen LogP contribution is -2.34. The van der Waals surface area contributed by atoms with Gasteiger partial charge in [-0.15, -0.1) is 0 Å². The van der Waals surface area contributed by atoms with Gasteiger partial charge < -0.3 is 5.32 Å². The van der Waals surface area contributed by atoms with Crippen molar-refractivity contribution in [2.24, 2.45) is 5.92 Å². The Labute approximate surface area is 66.9 Å². The monoisotopic (exact) mass is 160 g/mol. The Bertz CT molecular complexity index is 117. The molecule has 4 heteroatoms. The van der Waals surface area contributed by atoms with Gasteiger partial charge in [0.2, 0.25) is 0 Å². The van der Waals surface area contributed by atoms with Gasteiger partial charge in [-0.25, -0.2) is 10.3 Å². The quantitative estimate of drug-likeness (QED) is 0.426. The smallest absolute Gasteiger partial charge is 0.336 e. The first-order valence-electron chi connectivity index (χ1n) is 3.88. The third-order valence-electron chi connectivity index (χ3n) is 1.72. The maximum atomic E-state index is 10.4. The SMILES string of the molecule is CCC(C)CCNC(=O)NO. The summed E-state index contributed by atoms with van der Waals surface area (Å²) >= 11 is 0. The van der Waals surface area contributed by atoms with Crippen molar-refractivity contribution >= 4 is 6.03 Å². The molecule has 0 heterocycles. The number of amides is 2. The number of hydrogen-bond donors (Lipinski definition) is 3. The number of nitrogens with one attached hydrogen (secondary N) is 2. The van der Waals surface area contributed by atoms with Crippen molar-refractivity contribution in [2.75, 3.05) is 6.54 Å². The molecule has 1 unspecified atom stereocenters. The normalized spacial score (nSPS) is 12.3. The second-order valence-electron chi connectivity index (χ2n) is 2.67. The third-order valence-corrected chi connectivity index (χ3v) is 1.72. The molecule has 0 saturated carbocycles. The van der Waals surface area contributed by atoms with Gasteiger partial charge >= 0.3 is 6.03 Å². The zero-order valence-electron chi connectivity index (χ0n) is 7.05. The molecular weight excluding hydrogens is 144 g/mol. The molecule has 66 valence electrons. The molecule has 3 N–H and O–H groups in total. The van der Waals surface area contributed by atoms with Crippen LogP contribution in [0.3, 0.4) is 0 Å². The van der Waals surface area contributed by atoms with E-state index in [1.165, 1.54) is 5.48 Å². The standard InChI is InChI=1S/C7H16N2O2/c1-3-6(2)4-5-8-7(10)9-11/h6,11H,3-5H2,1-2H3,(H2,8,9,10). The Morgan fingerprint density at radius 3 is 2.73 bits per heavy atom. The van der Waals surface area contributed by atoms with Crippen LogP contribution in [0.2, 0.25) is 0 Å². The van der Waals surface area contributed by atoms with Crippen LogP contribution in [0.25, 0.3) is 0 Å². The average molecular weight is 160 g/mol. The van der Waals surface area contributed by atoms with E-state index in [0.717, 1.165) is 12.8 Å². The minimum Gasteiger partial charge on any atom is -0.336 e. The van der Waals surface area contributed by atoms with Crippen LogP contribution in [0, 0.1) is 5.92 Å². The van der Waals surface area contributed by atoms with E-state index >= 15 is 0 Å². The van der Waals surface area contributed by atoms with Gasteiger partial charge in [-0.2, -0.15) is 0 Å². The maximum Gasteiger partial charge on any atom is 0.338 e. The Morgan fingerprint density at radius 2 is 2.27 bits per heavy atom. The third kappa shape index (κ3) is 5.66. The van der Waals surface area contributed by atoms with E-state index in [2.05, 4.69) is 19.2 Å². The summed E-state index contributed by atoms with van der Waals surface area (Å²) in [5, 5.41) is 10.6. The summed E-state index contributed by atoms with van der Waals surface area (Å²) in [6, 6.07) is -0.534.